The third kappa shape index (κ3) is 4.89. The first kappa shape index (κ1) is 22.5. The van der Waals surface area contributed by atoms with E-state index in [4.69, 9.17) is 4.74 Å². The summed E-state index contributed by atoms with van der Waals surface area (Å²) in [5.74, 6) is -1.17. The number of amides is 2. The highest BCUT2D eigenvalue weighted by atomic mass is 16.5. The fraction of sp³-hybridized carbons (Fsp3) is 0.435. The normalized spacial score (nSPS) is 18.3. The lowest BCUT2D eigenvalue weighted by molar-refractivity contribution is -0.123. The Balaban J connectivity index is 1.54. The fourth-order valence-electron chi connectivity index (χ4n) is 4.09. The summed E-state index contributed by atoms with van der Waals surface area (Å²) in [6, 6.07) is 6.21. The van der Waals surface area contributed by atoms with Crippen molar-refractivity contribution in [3.63, 3.8) is 0 Å². The Bertz CT molecular complexity index is 1120. The number of anilines is 3. The van der Waals surface area contributed by atoms with Crippen LogP contribution in [0, 0.1) is 5.92 Å². The molecule has 2 aliphatic rings. The molecule has 1 unspecified atom stereocenters. The Morgan fingerprint density at radius 3 is 2.55 bits per heavy atom. The van der Waals surface area contributed by atoms with Crippen LogP contribution in [0.25, 0.3) is 0 Å². The smallest absolute Gasteiger partial charge is 0.338 e. The predicted octanol–water partition coefficient (Wildman–Crippen LogP) is 2.25. The van der Waals surface area contributed by atoms with Gasteiger partial charge in [-0.3, -0.25) is 19.4 Å². The Labute approximate surface area is 190 Å². The lowest BCUT2D eigenvalue weighted by Crippen LogP contribution is -2.39. The highest BCUT2D eigenvalue weighted by Crippen LogP contribution is 2.31. The first-order valence-electron chi connectivity index (χ1n) is 11.1. The summed E-state index contributed by atoms with van der Waals surface area (Å²) >= 11 is 0. The number of aromatic nitrogens is 2. The topological polar surface area (TPSA) is 133 Å². The maximum Gasteiger partial charge on any atom is 0.338 e. The van der Waals surface area contributed by atoms with Crippen LogP contribution in [-0.2, 0) is 14.3 Å². The van der Waals surface area contributed by atoms with Gasteiger partial charge in [0.1, 0.15) is 5.82 Å². The first-order chi connectivity index (χ1) is 15.9. The summed E-state index contributed by atoms with van der Waals surface area (Å²) in [6.07, 6.45) is 1.82. The van der Waals surface area contributed by atoms with E-state index in [-0.39, 0.29) is 30.3 Å². The average Bonchev–Trinajstić information content (AvgIpc) is 2.79. The maximum atomic E-state index is 13.0. The van der Waals surface area contributed by atoms with Crippen LogP contribution in [0.15, 0.2) is 29.1 Å². The van der Waals surface area contributed by atoms with Crippen molar-refractivity contribution in [2.24, 2.45) is 5.92 Å². The lowest BCUT2D eigenvalue weighted by Gasteiger charge is -2.31. The van der Waals surface area contributed by atoms with Gasteiger partial charge in [0.25, 0.3) is 5.56 Å². The summed E-state index contributed by atoms with van der Waals surface area (Å²) < 4.78 is 4.95. The average molecular weight is 453 g/mol. The molecule has 3 N–H and O–H groups in total. The summed E-state index contributed by atoms with van der Waals surface area (Å²) in [7, 11) is 0. The molecule has 2 aliphatic heterocycles. The molecule has 0 saturated carbocycles. The number of nitrogens with one attached hydrogen (secondary N) is 3. The van der Waals surface area contributed by atoms with Crippen molar-refractivity contribution < 1.29 is 19.1 Å². The van der Waals surface area contributed by atoms with E-state index in [0.717, 1.165) is 25.9 Å². The number of carbonyl (C=O) groups excluding carboxylic acids is 3. The van der Waals surface area contributed by atoms with E-state index in [0.29, 0.717) is 23.1 Å². The van der Waals surface area contributed by atoms with Crippen LogP contribution in [0.4, 0.5) is 17.5 Å². The van der Waals surface area contributed by atoms with Crippen molar-refractivity contribution in [2.75, 3.05) is 35.2 Å². The van der Waals surface area contributed by atoms with E-state index in [1.165, 1.54) is 12.1 Å². The number of aromatic amines is 1. The van der Waals surface area contributed by atoms with Gasteiger partial charge < -0.3 is 20.3 Å². The lowest BCUT2D eigenvalue weighted by atomic mass is 9.92. The third-order valence-corrected chi connectivity index (χ3v) is 6.00. The molecular weight excluding hydrogens is 426 g/mol. The van der Waals surface area contributed by atoms with E-state index in [1.54, 1.807) is 19.1 Å². The van der Waals surface area contributed by atoms with Crippen molar-refractivity contribution in [1.82, 2.24) is 9.97 Å². The minimum Gasteiger partial charge on any atom is -0.462 e. The molecule has 2 amide bonds. The van der Waals surface area contributed by atoms with Crippen LogP contribution in [-0.4, -0.2) is 47.4 Å². The van der Waals surface area contributed by atoms with Gasteiger partial charge >= 0.3 is 5.97 Å². The number of piperidine rings is 1. The SMILES string of the molecule is CCOC(=O)c1ccc(NC(=O)C2CC(=O)Nc3nc(N4CCC(C)CC4)[nH]c(=O)c32)cc1. The Hall–Kier alpha value is -3.69. The molecule has 1 aromatic carbocycles. The van der Waals surface area contributed by atoms with Gasteiger partial charge in [0.2, 0.25) is 17.8 Å². The van der Waals surface area contributed by atoms with Gasteiger partial charge in [-0.05, 0) is 49.9 Å². The number of H-pyrrole nitrogens is 1. The van der Waals surface area contributed by atoms with E-state index in [9.17, 15) is 19.2 Å². The number of carbonyl (C=O) groups is 3. The second-order valence-electron chi connectivity index (χ2n) is 8.41. The zero-order valence-corrected chi connectivity index (χ0v) is 18.6. The number of benzene rings is 1. The van der Waals surface area contributed by atoms with Crippen LogP contribution >= 0.6 is 0 Å². The summed E-state index contributed by atoms with van der Waals surface area (Å²) in [4.78, 5) is 59.3. The molecule has 0 aliphatic carbocycles. The molecule has 10 heteroatoms. The minimum atomic E-state index is -0.981. The number of fused-ring (bicyclic) bond motifs is 1. The van der Waals surface area contributed by atoms with Crippen LogP contribution in [0.5, 0.6) is 0 Å². The van der Waals surface area contributed by atoms with Crippen molar-refractivity contribution in [2.45, 2.75) is 39.0 Å². The molecule has 1 fully saturated rings. The molecule has 4 rings (SSSR count). The van der Waals surface area contributed by atoms with Gasteiger partial charge in [0, 0.05) is 25.2 Å². The quantitative estimate of drug-likeness (QED) is 0.591. The summed E-state index contributed by atoms with van der Waals surface area (Å²) in [5.41, 5.74) is 0.498. The van der Waals surface area contributed by atoms with Crippen molar-refractivity contribution >= 4 is 35.2 Å². The number of hydrogen-bond acceptors (Lipinski definition) is 7. The minimum absolute atomic E-state index is 0.126. The molecule has 33 heavy (non-hydrogen) atoms. The zero-order chi connectivity index (χ0) is 23.5. The summed E-state index contributed by atoms with van der Waals surface area (Å²) in [5, 5.41) is 5.36. The van der Waals surface area contributed by atoms with E-state index < -0.39 is 23.4 Å². The molecule has 0 spiro atoms. The van der Waals surface area contributed by atoms with Gasteiger partial charge in [-0.1, -0.05) is 6.92 Å². The van der Waals surface area contributed by atoms with Crippen molar-refractivity contribution in [1.29, 1.82) is 0 Å². The van der Waals surface area contributed by atoms with Crippen LogP contribution in [0.1, 0.15) is 54.9 Å². The van der Waals surface area contributed by atoms with Crippen LogP contribution in [0.3, 0.4) is 0 Å². The molecule has 2 aromatic rings. The monoisotopic (exact) mass is 453 g/mol. The zero-order valence-electron chi connectivity index (χ0n) is 18.6. The highest BCUT2D eigenvalue weighted by molar-refractivity contribution is 6.04. The van der Waals surface area contributed by atoms with E-state index >= 15 is 0 Å². The molecule has 3 heterocycles. The Morgan fingerprint density at radius 1 is 1.18 bits per heavy atom. The molecule has 1 aromatic heterocycles. The fourth-order valence-corrected chi connectivity index (χ4v) is 4.09. The van der Waals surface area contributed by atoms with Gasteiger partial charge in [0.15, 0.2) is 0 Å². The van der Waals surface area contributed by atoms with Crippen LogP contribution < -0.4 is 21.1 Å². The second-order valence-corrected chi connectivity index (χ2v) is 8.41. The number of hydrogen-bond donors (Lipinski definition) is 3. The number of nitrogens with zero attached hydrogens (tertiary/aromatic N) is 2. The molecule has 1 atom stereocenters. The maximum absolute atomic E-state index is 13.0. The van der Waals surface area contributed by atoms with E-state index in [2.05, 4.69) is 27.5 Å². The standard InChI is InChI=1S/C23H27N5O5/c1-3-33-22(32)14-4-6-15(7-5-14)24-20(30)16-12-17(29)25-19-18(16)21(31)27-23(26-19)28-10-8-13(2)9-11-28/h4-7,13,16H,3,8-12H2,1-2H3,(H,24,30)(H2,25,26,27,29,31). The number of esters is 1. The Kier molecular flexibility index (Phi) is 6.43. The van der Waals surface area contributed by atoms with E-state index in [1.807, 2.05) is 4.90 Å². The van der Waals surface area contributed by atoms with Gasteiger partial charge in [-0.15, -0.1) is 0 Å². The molecular formula is C23H27N5O5. The number of rotatable bonds is 5. The third-order valence-electron chi connectivity index (χ3n) is 6.00. The number of ether oxygens (including phenoxy) is 1. The molecule has 10 nitrogen and oxygen atoms in total. The van der Waals surface area contributed by atoms with Gasteiger partial charge in [-0.2, -0.15) is 4.98 Å². The first-order valence-corrected chi connectivity index (χ1v) is 11.1. The molecule has 0 radical (unpaired) electrons. The predicted molar refractivity (Wildman–Crippen MR) is 122 cm³/mol. The van der Waals surface area contributed by atoms with Gasteiger partial charge in [-0.25, -0.2) is 4.79 Å². The van der Waals surface area contributed by atoms with Gasteiger partial charge in [0.05, 0.1) is 23.7 Å². The second kappa shape index (κ2) is 9.43. The molecule has 1 saturated heterocycles. The summed E-state index contributed by atoms with van der Waals surface area (Å²) in [6.45, 7) is 5.71. The largest absolute Gasteiger partial charge is 0.462 e. The highest BCUT2D eigenvalue weighted by Gasteiger charge is 2.35. The van der Waals surface area contributed by atoms with Crippen LogP contribution in [0.2, 0.25) is 0 Å². The molecule has 0 bridgehead atoms. The van der Waals surface area contributed by atoms with Crippen molar-refractivity contribution in [3.8, 4) is 0 Å². The Morgan fingerprint density at radius 2 is 1.88 bits per heavy atom. The molecule has 174 valence electrons. The van der Waals surface area contributed by atoms with Crippen molar-refractivity contribution in [3.05, 3.63) is 45.7 Å².